The molecule has 0 saturated carbocycles. The number of nitrogens with one attached hydrogen (secondary N) is 1. The molecule has 0 saturated heterocycles. The molecule has 3 N–H and O–H groups in total. The number of benzene rings is 1. The predicted molar refractivity (Wildman–Crippen MR) is 127 cm³/mol. The fourth-order valence-corrected chi connectivity index (χ4v) is 3.32. The highest BCUT2D eigenvalue weighted by Crippen LogP contribution is 2.17. The molecule has 3 aromatic rings. The summed E-state index contributed by atoms with van der Waals surface area (Å²) in [6.07, 6.45) is 1.88. The minimum absolute atomic E-state index is 0.0226. The van der Waals surface area contributed by atoms with E-state index in [0.717, 1.165) is 5.56 Å². The zero-order chi connectivity index (χ0) is 26.2. The van der Waals surface area contributed by atoms with E-state index < -0.39 is 23.4 Å². The summed E-state index contributed by atoms with van der Waals surface area (Å²) >= 11 is 0. The van der Waals surface area contributed by atoms with Gasteiger partial charge in [-0.3, -0.25) is 29.2 Å². The van der Waals surface area contributed by atoms with Crippen molar-refractivity contribution in [3.05, 3.63) is 57.6 Å². The third-order valence-electron chi connectivity index (χ3n) is 5.21. The zero-order valence-corrected chi connectivity index (χ0v) is 19.7. The number of rotatable bonds is 12. The largest absolute Gasteiger partial charge is 0.481 e. The summed E-state index contributed by atoms with van der Waals surface area (Å²) in [6.45, 7) is 0. The van der Waals surface area contributed by atoms with Crippen molar-refractivity contribution >= 4 is 34.8 Å². The van der Waals surface area contributed by atoms with Gasteiger partial charge in [0, 0.05) is 32.5 Å². The van der Waals surface area contributed by atoms with Crippen molar-refractivity contribution in [3.63, 3.8) is 0 Å². The van der Waals surface area contributed by atoms with Crippen LogP contribution in [0.2, 0.25) is 0 Å². The summed E-state index contributed by atoms with van der Waals surface area (Å²) in [6, 6.07) is 6.73. The SMILES string of the molecule is CN(C)N=Nc1nc2ncc(CCc3ccc(C(=O)C[C@@H](CCC(=O)O)C(=O)O)cc3)nc2c(=O)[nH]1. The first kappa shape index (κ1) is 26.1. The number of carboxylic acids is 2. The second-order valence-electron chi connectivity index (χ2n) is 8.25. The summed E-state index contributed by atoms with van der Waals surface area (Å²) in [5.74, 6) is -3.69. The average molecular weight is 495 g/mol. The van der Waals surface area contributed by atoms with Crippen LogP contribution in [-0.2, 0) is 22.4 Å². The lowest BCUT2D eigenvalue weighted by Crippen LogP contribution is -2.19. The number of aromatic nitrogens is 4. The summed E-state index contributed by atoms with van der Waals surface area (Å²) in [5.41, 5.74) is 1.61. The summed E-state index contributed by atoms with van der Waals surface area (Å²) in [5, 5.41) is 27.1. The van der Waals surface area contributed by atoms with Gasteiger partial charge >= 0.3 is 11.9 Å². The van der Waals surface area contributed by atoms with Crippen LogP contribution >= 0.6 is 0 Å². The van der Waals surface area contributed by atoms with E-state index in [-0.39, 0.29) is 42.2 Å². The van der Waals surface area contributed by atoms with Crippen LogP contribution in [0, 0.1) is 5.92 Å². The number of nitrogens with zero attached hydrogens (tertiary/aromatic N) is 6. The molecule has 13 heteroatoms. The lowest BCUT2D eigenvalue weighted by molar-refractivity contribution is -0.142. The number of Topliss-reactive ketones (excluding diaryl/α,β-unsaturated/α-hetero) is 1. The van der Waals surface area contributed by atoms with Crippen LogP contribution in [0.15, 0.2) is 45.6 Å². The molecule has 0 amide bonds. The van der Waals surface area contributed by atoms with Gasteiger partial charge in [-0.2, -0.15) is 4.98 Å². The fourth-order valence-electron chi connectivity index (χ4n) is 3.32. The Morgan fingerprint density at radius 3 is 2.44 bits per heavy atom. The van der Waals surface area contributed by atoms with Gasteiger partial charge < -0.3 is 10.2 Å². The maximum Gasteiger partial charge on any atom is 0.306 e. The molecule has 0 radical (unpaired) electrons. The molecule has 3 rings (SSSR count). The third-order valence-corrected chi connectivity index (χ3v) is 5.21. The molecule has 1 atom stereocenters. The molecule has 13 nitrogen and oxygen atoms in total. The Balaban J connectivity index is 1.63. The highest BCUT2D eigenvalue weighted by Gasteiger charge is 2.23. The third kappa shape index (κ3) is 7.22. The van der Waals surface area contributed by atoms with Crippen molar-refractivity contribution in [2.24, 2.45) is 16.3 Å². The Morgan fingerprint density at radius 2 is 1.81 bits per heavy atom. The lowest BCUT2D eigenvalue weighted by atomic mass is 9.93. The first-order chi connectivity index (χ1) is 17.1. The predicted octanol–water partition coefficient (Wildman–Crippen LogP) is 2.20. The number of ketones is 1. The Bertz CT molecular complexity index is 1350. The summed E-state index contributed by atoms with van der Waals surface area (Å²) in [4.78, 5) is 62.1. The van der Waals surface area contributed by atoms with Crippen LogP contribution in [0.25, 0.3) is 11.2 Å². The van der Waals surface area contributed by atoms with Gasteiger partial charge in [0.05, 0.1) is 17.8 Å². The quantitative estimate of drug-likeness (QED) is 0.191. The van der Waals surface area contributed by atoms with Crippen molar-refractivity contribution in [2.45, 2.75) is 32.1 Å². The van der Waals surface area contributed by atoms with Crippen molar-refractivity contribution in [1.29, 1.82) is 0 Å². The molecule has 1 aromatic carbocycles. The molecule has 0 aliphatic rings. The Hall–Kier alpha value is -4.55. The molecular formula is C23H25N7O6. The van der Waals surface area contributed by atoms with E-state index >= 15 is 0 Å². The van der Waals surface area contributed by atoms with Gasteiger partial charge in [-0.05, 0) is 24.8 Å². The monoisotopic (exact) mass is 495 g/mol. The number of H-pyrrole nitrogens is 1. The van der Waals surface area contributed by atoms with Crippen molar-refractivity contribution in [2.75, 3.05) is 14.1 Å². The maximum atomic E-state index is 12.5. The van der Waals surface area contributed by atoms with E-state index in [9.17, 15) is 24.3 Å². The number of carboxylic acid groups (broad SMARTS) is 2. The summed E-state index contributed by atoms with van der Waals surface area (Å²) in [7, 11) is 3.36. The molecule has 0 aliphatic carbocycles. The average Bonchev–Trinajstić information content (AvgIpc) is 2.84. The van der Waals surface area contributed by atoms with Gasteiger partial charge in [0.1, 0.15) is 0 Å². The molecule has 36 heavy (non-hydrogen) atoms. The van der Waals surface area contributed by atoms with Crippen LogP contribution in [0.5, 0.6) is 0 Å². The Labute approximate surface area is 204 Å². The highest BCUT2D eigenvalue weighted by molar-refractivity contribution is 5.98. The van der Waals surface area contributed by atoms with Crippen molar-refractivity contribution in [3.8, 4) is 0 Å². The van der Waals surface area contributed by atoms with Gasteiger partial charge in [-0.15, -0.1) is 0 Å². The molecule has 2 heterocycles. The maximum absolute atomic E-state index is 12.5. The second-order valence-corrected chi connectivity index (χ2v) is 8.25. The topological polar surface area (TPSA) is 191 Å². The van der Waals surface area contributed by atoms with E-state index in [1.807, 2.05) is 0 Å². The standard InChI is InChI=1S/C23H25N7O6/c1-30(2)29-28-23-26-20-19(21(34)27-23)25-16(12-24-20)9-5-13-3-6-14(7-4-13)17(31)11-15(22(35)36)8-10-18(32)33/h3-4,6-7,12,15H,5,8-11H2,1-2H3,(H,32,33)(H,35,36)(H,24,26,27,34)/t15-/m1/s1. The van der Waals surface area contributed by atoms with Crippen molar-refractivity contribution in [1.82, 2.24) is 24.9 Å². The zero-order valence-electron chi connectivity index (χ0n) is 19.7. The Morgan fingerprint density at radius 1 is 1.08 bits per heavy atom. The van der Waals surface area contributed by atoms with Crippen LogP contribution in [0.4, 0.5) is 5.95 Å². The van der Waals surface area contributed by atoms with Gasteiger partial charge in [-0.25, -0.2) is 9.97 Å². The number of fused-ring (bicyclic) bond motifs is 1. The first-order valence-corrected chi connectivity index (χ1v) is 11.0. The van der Waals surface area contributed by atoms with Crippen LogP contribution < -0.4 is 5.56 Å². The minimum Gasteiger partial charge on any atom is -0.481 e. The highest BCUT2D eigenvalue weighted by atomic mass is 16.4. The van der Waals surface area contributed by atoms with E-state index in [1.165, 1.54) is 11.2 Å². The van der Waals surface area contributed by atoms with Gasteiger partial charge in [0.15, 0.2) is 16.9 Å². The van der Waals surface area contributed by atoms with Crippen LogP contribution in [-0.4, -0.2) is 67.0 Å². The number of aliphatic carboxylic acids is 2. The smallest absolute Gasteiger partial charge is 0.306 e. The number of aryl methyl sites for hydroxylation is 2. The number of aromatic amines is 1. The van der Waals surface area contributed by atoms with E-state index in [1.54, 1.807) is 38.4 Å². The van der Waals surface area contributed by atoms with Gasteiger partial charge in [0.25, 0.3) is 11.5 Å². The van der Waals surface area contributed by atoms with Crippen LogP contribution in [0.3, 0.4) is 0 Å². The molecule has 0 aliphatic heterocycles. The summed E-state index contributed by atoms with van der Waals surface area (Å²) < 4.78 is 0. The molecule has 0 unspecified atom stereocenters. The van der Waals surface area contributed by atoms with E-state index in [0.29, 0.717) is 24.1 Å². The van der Waals surface area contributed by atoms with Gasteiger partial charge in [0.2, 0.25) is 0 Å². The van der Waals surface area contributed by atoms with Crippen molar-refractivity contribution < 1.29 is 24.6 Å². The van der Waals surface area contributed by atoms with Gasteiger partial charge in [-0.1, -0.05) is 34.6 Å². The molecule has 0 bridgehead atoms. The second kappa shape index (κ2) is 11.7. The fraction of sp³-hybridized carbons (Fsp3) is 0.348. The number of hydrogen-bond donors (Lipinski definition) is 3. The lowest BCUT2D eigenvalue weighted by Gasteiger charge is -2.10. The molecule has 188 valence electrons. The molecule has 0 spiro atoms. The number of hydrogen-bond acceptors (Lipinski definition) is 9. The number of carbonyl (C=O) groups is 3. The first-order valence-electron chi connectivity index (χ1n) is 11.0. The normalized spacial score (nSPS) is 12.1. The molecule has 2 aromatic heterocycles. The van der Waals surface area contributed by atoms with Crippen LogP contribution in [0.1, 0.15) is 40.9 Å². The Kier molecular flexibility index (Phi) is 8.49. The van der Waals surface area contributed by atoms with E-state index in [4.69, 9.17) is 5.11 Å². The minimum atomic E-state index is -1.19. The number of carbonyl (C=O) groups excluding carboxylic acids is 1. The molecule has 0 fully saturated rings. The molecular weight excluding hydrogens is 470 g/mol. The van der Waals surface area contributed by atoms with E-state index in [2.05, 4.69) is 30.3 Å².